The standard InChI is InChI=1S/C15H20N2O7S/c1-9(2)7-13(18)16-17-25(21,22)12-8-10(14(19)23-3)5-6-11(12)15(20)24-4/h5-6,8-9,17H,7H2,1-4H3,(H,16,18). The van der Waals surface area contributed by atoms with E-state index in [9.17, 15) is 22.8 Å². The van der Waals surface area contributed by atoms with Crippen LogP contribution >= 0.6 is 0 Å². The number of sulfonamides is 1. The monoisotopic (exact) mass is 372 g/mol. The Labute approximate surface area is 145 Å². The number of carbonyl (C=O) groups excluding carboxylic acids is 3. The Kier molecular flexibility index (Phi) is 7.07. The molecular weight excluding hydrogens is 352 g/mol. The van der Waals surface area contributed by atoms with E-state index in [1.807, 2.05) is 4.83 Å². The summed E-state index contributed by atoms with van der Waals surface area (Å²) in [7, 11) is -2.11. The first kappa shape index (κ1) is 20.6. The predicted molar refractivity (Wildman–Crippen MR) is 87.0 cm³/mol. The number of hydrogen-bond acceptors (Lipinski definition) is 7. The summed E-state index contributed by atoms with van der Waals surface area (Å²) in [4.78, 5) is 36.4. The molecule has 0 spiro atoms. The van der Waals surface area contributed by atoms with E-state index in [1.54, 1.807) is 13.8 Å². The molecule has 0 saturated carbocycles. The van der Waals surface area contributed by atoms with Crippen LogP contribution in [0.1, 0.15) is 41.0 Å². The normalized spacial score (nSPS) is 11.1. The largest absolute Gasteiger partial charge is 0.465 e. The number of methoxy groups -OCH3 is 2. The van der Waals surface area contributed by atoms with E-state index in [2.05, 4.69) is 14.9 Å². The van der Waals surface area contributed by atoms with Gasteiger partial charge in [0.05, 0.1) is 30.2 Å². The van der Waals surface area contributed by atoms with Crippen molar-refractivity contribution >= 4 is 27.9 Å². The van der Waals surface area contributed by atoms with Crippen LogP contribution in [0.15, 0.2) is 23.1 Å². The van der Waals surface area contributed by atoms with Crippen molar-refractivity contribution in [1.82, 2.24) is 10.3 Å². The van der Waals surface area contributed by atoms with Crippen LogP contribution in [-0.2, 0) is 24.3 Å². The van der Waals surface area contributed by atoms with Crippen molar-refractivity contribution in [1.29, 1.82) is 0 Å². The Morgan fingerprint density at radius 1 is 1.08 bits per heavy atom. The lowest BCUT2D eigenvalue weighted by Crippen LogP contribution is -2.42. The third-order valence-electron chi connectivity index (χ3n) is 3.02. The molecule has 0 aliphatic heterocycles. The molecule has 0 aliphatic carbocycles. The third kappa shape index (κ3) is 5.54. The third-order valence-corrected chi connectivity index (χ3v) is 4.30. The molecule has 0 atom stereocenters. The summed E-state index contributed by atoms with van der Waals surface area (Å²) in [5.74, 6) is -2.21. The van der Waals surface area contributed by atoms with E-state index in [-0.39, 0.29) is 23.5 Å². The van der Waals surface area contributed by atoms with Crippen LogP contribution < -0.4 is 10.3 Å². The number of amides is 1. The number of esters is 2. The lowest BCUT2D eigenvalue weighted by atomic mass is 10.1. The molecule has 1 amide bonds. The van der Waals surface area contributed by atoms with Gasteiger partial charge >= 0.3 is 11.9 Å². The molecule has 0 bridgehead atoms. The number of hydrogen-bond donors (Lipinski definition) is 2. The predicted octanol–water partition coefficient (Wildman–Crippen LogP) is 0.615. The average Bonchev–Trinajstić information content (AvgIpc) is 2.57. The summed E-state index contributed by atoms with van der Waals surface area (Å²) in [6.07, 6.45) is 0.106. The first-order chi connectivity index (χ1) is 11.6. The quantitative estimate of drug-likeness (QED) is 0.530. The molecule has 0 aromatic heterocycles. The van der Waals surface area contributed by atoms with Crippen LogP contribution in [0.2, 0.25) is 0 Å². The maximum atomic E-state index is 12.4. The number of ether oxygens (including phenoxy) is 2. The van der Waals surface area contributed by atoms with E-state index in [0.29, 0.717) is 0 Å². The van der Waals surface area contributed by atoms with Crippen LogP contribution in [0.5, 0.6) is 0 Å². The summed E-state index contributed by atoms with van der Waals surface area (Å²) in [6.45, 7) is 3.59. The van der Waals surface area contributed by atoms with Gasteiger partial charge in [-0.25, -0.2) is 18.0 Å². The molecule has 9 nitrogen and oxygen atoms in total. The molecule has 1 aromatic rings. The van der Waals surface area contributed by atoms with E-state index >= 15 is 0 Å². The second-order valence-electron chi connectivity index (χ2n) is 5.45. The van der Waals surface area contributed by atoms with Gasteiger partial charge in [-0.1, -0.05) is 13.8 Å². The molecule has 0 saturated heterocycles. The molecule has 25 heavy (non-hydrogen) atoms. The Bertz CT molecular complexity index is 772. The van der Waals surface area contributed by atoms with Crippen molar-refractivity contribution in [2.75, 3.05) is 14.2 Å². The van der Waals surface area contributed by atoms with Crippen LogP contribution in [0, 0.1) is 5.92 Å². The minimum absolute atomic E-state index is 0.0257. The van der Waals surface area contributed by atoms with E-state index in [0.717, 1.165) is 26.4 Å². The summed E-state index contributed by atoms with van der Waals surface area (Å²) in [6, 6.07) is 3.33. The second-order valence-corrected chi connectivity index (χ2v) is 7.10. The highest BCUT2D eigenvalue weighted by Gasteiger charge is 2.25. The molecule has 0 radical (unpaired) electrons. The van der Waals surface area contributed by atoms with Crippen LogP contribution in [0.3, 0.4) is 0 Å². The second kappa shape index (κ2) is 8.58. The summed E-state index contributed by atoms with van der Waals surface area (Å²) < 4.78 is 34.0. The zero-order valence-electron chi connectivity index (χ0n) is 14.3. The van der Waals surface area contributed by atoms with Crippen LogP contribution in [0.25, 0.3) is 0 Å². The van der Waals surface area contributed by atoms with Gasteiger partial charge < -0.3 is 9.47 Å². The molecule has 0 aliphatic rings. The van der Waals surface area contributed by atoms with E-state index < -0.39 is 32.8 Å². The highest BCUT2D eigenvalue weighted by molar-refractivity contribution is 7.89. The smallest absolute Gasteiger partial charge is 0.339 e. The van der Waals surface area contributed by atoms with Crippen molar-refractivity contribution in [2.24, 2.45) is 5.92 Å². The van der Waals surface area contributed by atoms with Gasteiger partial charge in [-0.05, 0) is 24.1 Å². The Balaban J connectivity index is 3.23. The van der Waals surface area contributed by atoms with Crippen molar-refractivity contribution in [3.63, 3.8) is 0 Å². The molecule has 10 heteroatoms. The fraction of sp³-hybridized carbons (Fsp3) is 0.400. The molecule has 0 fully saturated rings. The van der Waals surface area contributed by atoms with Gasteiger partial charge in [-0.15, -0.1) is 4.83 Å². The highest BCUT2D eigenvalue weighted by Crippen LogP contribution is 2.19. The molecule has 138 valence electrons. The van der Waals surface area contributed by atoms with Gasteiger partial charge in [-0.3, -0.25) is 10.2 Å². The van der Waals surface area contributed by atoms with Crippen molar-refractivity contribution in [2.45, 2.75) is 25.2 Å². The highest BCUT2D eigenvalue weighted by atomic mass is 32.2. The number of rotatable bonds is 7. The number of carbonyl (C=O) groups is 3. The molecule has 1 rings (SSSR count). The Morgan fingerprint density at radius 3 is 2.20 bits per heavy atom. The maximum Gasteiger partial charge on any atom is 0.339 e. The van der Waals surface area contributed by atoms with Gasteiger partial charge in [0.1, 0.15) is 0 Å². The van der Waals surface area contributed by atoms with Gasteiger partial charge in [0.2, 0.25) is 5.91 Å². The summed E-state index contributed by atoms with van der Waals surface area (Å²) in [5.41, 5.74) is 1.68. The first-order valence-electron chi connectivity index (χ1n) is 7.23. The summed E-state index contributed by atoms with van der Waals surface area (Å²) in [5, 5.41) is 0. The summed E-state index contributed by atoms with van der Waals surface area (Å²) >= 11 is 0. The molecule has 0 heterocycles. The fourth-order valence-electron chi connectivity index (χ4n) is 1.87. The topological polar surface area (TPSA) is 128 Å². The SMILES string of the molecule is COC(=O)c1ccc(C(=O)OC)c(S(=O)(=O)NNC(=O)CC(C)C)c1. The van der Waals surface area contributed by atoms with Gasteiger partial charge in [0.15, 0.2) is 0 Å². The van der Waals surface area contributed by atoms with Crippen LogP contribution in [-0.4, -0.2) is 40.5 Å². The molecular formula is C15H20N2O7S. The van der Waals surface area contributed by atoms with Gasteiger partial charge in [0.25, 0.3) is 10.0 Å². The average molecular weight is 372 g/mol. The Morgan fingerprint density at radius 2 is 1.68 bits per heavy atom. The zero-order valence-corrected chi connectivity index (χ0v) is 15.1. The molecule has 1 aromatic carbocycles. The zero-order chi connectivity index (χ0) is 19.2. The Hall–Kier alpha value is -2.46. The minimum Gasteiger partial charge on any atom is -0.465 e. The van der Waals surface area contributed by atoms with Crippen LogP contribution in [0.4, 0.5) is 0 Å². The minimum atomic E-state index is -4.33. The molecule has 0 unspecified atom stereocenters. The maximum absolute atomic E-state index is 12.4. The van der Waals surface area contributed by atoms with E-state index in [4.69, 9.17) is 0 Å². The number of benzene rings is 1. The van der Waals surface area contributed by atoms with E-state index in [1.165, 1.54) is 6.07 Å². The van der Waals surface area contributed by atoms with Crippen molar-refractivity contribution in [3.05, 3.63) is 29.3 Å². The number of nitrogens with one attached hydrogen (secondary N) is 2. The fourth-order valence-corrected chi connectivity index (χ4v) is 2.95. The number of hydrazine groups is 1. The first-order valence-corrected chi connectivity index (χ1v) is 8.72. The lowest BCUT2D eigenvalue weighted by Gasteiger charge is -2.13. The van der Waals surface area contributed by atoms with Crippen molar-refractivity contribution in [3.8, 4) is 0 Å². The lowest BCUT2D eigenvalue weighted by molar-refractivity contribution is -0.122. The van der Waals surface area contributed by atoms with Gasteiger partial charge in [-0.2, -0.15) is 0 Å². The molecule has 2 N–H and O–H groups in total. The van der Waals surface area contributed by atoms with Crippen molar-refractivity contribution < 1.29 is 32.3 Å². The van der Waals surface area contributed by atoms with Gasteiger partial charge in [0, 0.05) is 6.42 Å².